The van der Waals surface area contributed by atoms with E-state index in [1.807, 2.05) is 23.1 Å². The van der Waals surface area contributed by atoms with Crippen LogP contribution in [0.15, 0.2) is 40.9 Å². The zero-order chi connectivity index (χ0) is 17.4. The van der Waals surface area contributed by atoms with Gasteiger partial charge in [0, 0.05) is 35.4 Å². The summed E-state index contributed by atoms with van der Waals surface area (Å²) >= 11 is 3.45. The highest BCUT2D eigenvalue weighted by atomic mass is 79.9. The van der Waals surface area contributed by atoms with E-state index in [1.165, 1.54) is 6.07 Å². The van der Waals surface area contributed by atoms with E-state index in [1.54, 1.807) is 17.0 Å². The molecule has 0 unspecified atom stereocenters. The standard InChI is InChI=1S/C19H18BrFN2O2/c20-15-3-1-13-5-6-23(18(13)12-15)19(24)14-2-4-17(16(21)11-14)22-7-9-25-10-8-22/h1-4,11-12H,5-10H2. The Hall–Kier alpha value is -1.92. The van der Waals surface area contributed by atoms with Crippen molar-refractivity contribution in [2.24, 2.45) is 0 Å². The maximum Gasteiger partial charge on any atom is 0.258 e. The summed E-state index contributed by atoms with van der Waals surface area (Å²) in [6, 6.07) is 10.7. The van der Waals surface area contributed by atoms with E-state index in [0.29, 0.717) is 44.1 Å². The van der Waals surface area contributed by atoms with Crippen LogP contribution in [0.4, 0.5) is 15.8 Å². The quantitative estimate of drug-likeness (QED) is 0.765. The van der Waals surface area contributed by atoms with Crippen LogP contribution in [-0.4, -0.2) is 38.8 Å². The molecule has 130 valence electrons. The summed E-state index contributed by atoms with van der Waals surface area (Å²) in [4.78, 5) is 16.6. The predicted molar refractivity (Wildman–Crippen MR) is 99.0 cm³/mol. The number of rotatable bonds is 2. The summed E-state index contributed by atoms with van der Waals surface area (Å²) < 4.78 is 20.8. The van der Waals surface area contributed by atoms with E-state index in [2.05, 4.69) is 15.9 Å². The number of morpholine rings is 1. The fourth-order valence-electron chi connectivity index (χ4n) is 3.42. The molecule has 1 fully saturated rings. The summed E-state index contributed by atoms with van der Waals surface area (Å²) in [5, 5.41) is 0. The number of nitrogens with zero attached hydrogens (tertiary/aromatic N) is 2. The molecule has 0 aromatic heterocycles. The Morgan fingerprint density at radius 2 is 1.84 bits per heavy atom. The zero-order valence-corrected chi connectivity index (χ0v) is 15.3. The highest BCUT2D eigenvalue weighted by Crippen LogP contribution is 2.32. The van der Waals surface area contributed by atoms with E-state index >= 15 is 0 Å². The van der Waals surface area contributed by atoms with Gasteiger partial charge in [-0.3, -0.25) is 4.79 Å². The van der Waals surface area contributed by atoms with Crippen molar-refractivity contribution in [3.05, 3.63) is 57.8 Å². The lowest BCUT2D eigenvalue weighted by atomic mass is 10.1. The number of anilines is 2. The predicted octanol–water partition coefficient (Wildman–Crippen LogP) is 3.63. The summed E-state index contributed by atoms with van der Waals surface area (Å²) in [5.41, 5.74) is 2.95. The number of benzene rings is 2. The van der Waals surface area contributed by atoms with Crippen molar-refractivity contribution in [2.75, 3.05) is 42.6 Å². The zero-order valence-electron chi connectivity index (χ0n) is 13.7. The summed E-state index contributed by atoms with van der Waals surface area (Å²) in [7, 11) is 0. The monoisotopic (exact) mass is 404 g/mol. The van der Waals surface area contributed by atoms with Crippen LogP contribution in [-0.2, 0) is 11.2 Å². The normalized spacial score (nSPS) is 16.9. The molecule has 1 amide bonds. The van der Waals surface area contributed by atoms with Crippen LogP contribution < -0.4 is 9.80 Å². The number of amides is 1. The van der Waals surface area contributed by atoms with Gasteiger partial charge in [-0.15, -0.1) is 0 Å². The Morgan fingerprint density at radius 3 is 2.60 bits per heavy atom. The molecule has 0 radical (unpaired) electrons. The van der Waals surface area contributed by atoms with Gasteiger partial charge in [-0.2, -0.15) is 0 Å². The molecule has 6 heteroatoms. The number of hydrogen-bond acceptors (Lipinski definition) is 3. The topological polar surface area (TPSA) is 32.8 Å². The maximum atomic E-state index is 14.6. The first-order chi connectivity index (χ1) is 12.1. The Bertz CT molecular complexity index is 821. The van der Waals surface area contributed by atoms with Crippen LogP contribution >= 0.6 is 15.9 Å². The second kappa shape index (κ2) is 6.77. The van der Waals surface area contributed by atoms with Gasteiger partial charge < -0.3 is 14.5 Å². The van der Waals surface area contributed by atoms with E-state index < -0.39 is 0 Å². The first-order valence-corrected chi connectivity index (χ1v) is 9.15. The minimum Gasteiger partial charge on any atom is -0.378 e. The minimum absolute atomic E-state index is 0.163. The van der Waals surface area contributed by atoms with Gasteiger partial charge in [-0.1, -0.05) is 22.0 Å². The molecule has 4 nitrogen and oxygen atoms in total. The number of carbonyl (C=O) groups excluding carboxylic acids is 1. The molecule has 4 rings (SSSR count). The van der Waals surface area contributed by atoms with Gasteiger partial charge in [0.1, 0.15) is 5.82 Å². The lowest BCUT2D eigenvalue weighted by molar-refractivity contribution is 0.0989. The van der Waals surface area contributed by atoms with Gasteiger partial charge in [-0.25, -0.2) is 4.39 Å². The highest BCUT2D eigenvalue weighted by Gasteiger charge is 2.26. The number of halogens is 2. The fraction of sp³-hybridized carbons (Fsp3) is 0.316. The average molecular weight is 405 g/mol. The van der Waals surface area contributed by atoms with Gasteiger partial charge >= 0.3 is 0 Å². The van der Waals surface area contributed by atoms with Crippen LogP contribution in [0.3, 0.4) is 0 Å². The summed E-state index contributed by atoms with van der Waals surface area (Å²) in [6.07, 6.45) is 0.822. The van der Waals surface area contributed by atoms with Gasteiger partial charge in [-0.05, 0) is 42.3 Å². The molecule has 0 spiro atoms. The molecular weight excluding hydrogens is 387 g/mol. The van der Waals surface area contributed by atoms with Gasteiger partial charge in [0.2, 0.25) is 0 Å². The molecule has 2 aromatic carbocycles. The average Bonchev–Trinajstić information content (AvgIpc) is 3.04. The van der Waals surface area contributed by atoms with Gasteiger partial charge in [0.15, 0.2) is 0 Å². The smallest absolute Gasteiger partial charge is 0.258 e. The van der Waals surface area contributed by atoms with Crippen LogP contribution in [0.1, 0.15) is 15.9 Å². The Morgan fingerprint density at radius 1 is 1.04 bits per heavy atom. The number of ether oxygens (including phenoxy) is 1. The summed E-state index contributed by atoms with van der Waals surface area (Å²) in [6.45, 7) is 3.14. The second-order valence-electron chi connectivity index (χ2n) is 6.25. The molecule has 0 aliphatic carbocycles. The van der Waals surface area contributed by atoms with Gasteiger partial charge in [0.25, 0.3) is 5.91 Å². The molecule has 0 N–H and O–H groups in total. The molecule has 2 aliphatic heterocycles. The lowest BCUT2D eigenvalue weighted by Gasteiger charge is -2.29. The van der Waals surface area contributed by atoms with Crippen LogP contribution in [0.25, 0.3) is 0 Å². The number of carbonyl (C=O) groups is 1. The maximum absolute atomic E-state index is 14.6. The van der Waals surface area contributed by atoms with E-state index in [4.69, 9.17) is 4.74 Å². The molecule has 0 atom stereocenters. The van der Waals surface area contributed by atoms with Crippen LogP contribution in [0, 0.1) is 5.82 Å². The third kappa shape index (κ3) is 3.16. The largest absolute Gasteiger partial charge is 0.378 e. The van der Waals surface area contributed by atoms with Crippen molar-refractivity contribution < 1.29 is 13.9 Å². The number of fused-ring (bicyclic) bond motifs is 1. The highest BCUT2D eigenvalue weighted by molar-refractivity contribution is 9.10. The molecule has 2 aliphatic rings. The Kier molecular flexibility index (Phi) is 4.48. The van der Waals surface area contributed by atoms with Gasteiger partial charge in [0.05, 0.1) is 18.9 Å². The van der Waals surface area contributed by atoms with Crippen molar-refractivity contribution in [1.29, 1.82) is 0 Å². The third-order valence-corrected chi connectivity index (χ3v) is 5.23. The Labute approximate surface area is 154 Å². The lowest BCUT2D eigenvalue weighted by Crippen LogP contribution is -2.37. The van der Waals surface area contributed by atoms with Crippen molar-refractivity contribution in [2.45, 2.75) is 6.42 Å². The third-order valence-electron chi connectivity index (χ3n) is 4.73. The first kappa shape index (κ1) is 16.5. The number of hydrogen-bond donors (Lipinski definition) is 0. The molecule has 1 saturated heterocycles. The van der Waals surface area contributed by atoms with E-state index in [0.717, 1.165) is 22.1 Å². The SMILES string of the molecule is O=C(c1ccc(N2CCOCC2)c(F)c1)N1CCc2ccc(Br)cc21. The molecule has 2 heterocycles. The molecular formula is C19H18BrFN2O2. The molecule has 2 aromatic rings. The minimum atomic E-state index is -0.360. The second-order valence-corrected chi connectivity index (χ2v) is 7.16. The van der Waals surface area contributed by atoms with Crippen molar-refractivity contribution >= 4 is 33.2 Å². The van der Waals surface area contributed by atoms with Crippen molar-refractivity contribution in [1.82, 2.24) is 0 Å². The van der Waals surface area contributed by atoms with E-state index in [-0.39, 0.29) is 11.7 Å². The first-order valence-electron chi connectivity index (χ1n) is 8.36. The van der Waals surface area contributed by atoms with E-state index in [9.17, 15) is 9.18 Å². The van der Waals surface area contributed by atoms with Crippen molar-refractivity contribution in [3.63, 3.8) is 0 Å². The fourth-order valence-corrected chi connectivity index (χ4v) is 3.77. The van der Waals surface area contributed by atoms with Crippen LogP contribution in [0.2, 0.25) is 0 Å². The van der Waals surface area contributed by atoms with Crippen LogP contribution in [0.5, 0.6) is 0 Å². The van der Waals surface area contributed by atoms with Crippen molar-refractivity contribution in [3.8, 4) is 0 Å². The summed E-state index contributed by atoms with van der Waals surface area (Å²) in [5.74, 6) is -0.523. The molecule has 0 saturated carbocycles. The molecule has 0 bridgehead atoms. The molecule has 25 heavy (non-hydrogen) atoms. The Balaban J connectivity index is 1.59.